The molecular formula is C14H22N2O. The van der Waals surface area contributed by atoms with Crippen LogP contribution in [0.2, 0.25) is 0 Å². The van der Waals surface area contributed by atoms with Crippen LogP contribution >= 0.6 is 0 Å². The Morgan fingerprint density at radius 1 is 1.47 bits per heavy atom. The quantitative estimate of drug-likeness (QED) is 0.744. The molecule has 3 heteroatoms. The summed E-state index contributed by atoms with van der Waals surface area (Å²) in [5.41, 5.74) is 1.72. The summed E-state index contributed by atoms with van der Waals surface area (Å²) in [7, 11) is 0. The van der Waals surface area contributed by atoms with Gasteiger partial charge in [0.25, 0.3) is 0 Å². The van der Waals surface area contributed by atoms with Gasteiger partial charge in [-0.25, -0.2) is 0 Å². The van der Waals surface area contributed by atoms with Crippen LogP contribution < -0.4 is 10.6 Å². The van der Waals surface area contributed by atoms with Crippen LogP contribution in [0.1, 0.15) is 26.3 Å². The fourth-order valence-corrected chi connectivity index (χ4v) is 2.21. The van der Waals surface area contributed by atoms with Crippen LogP contribution in [0.15, 0.2) is 24.3 Å². The molecule has 2 unspecified atom stereocenters. The molecule has 0 amide bonds. The zero-order valence-electron chi connectivity index (χ0n) is 10.8. The number of hydrogen-bond acceptors (Lipinski definition) is 3. The van der Waals surface area contributed by atoms with E-state index in [0.717, 1.165) is 12.1 Å². The van der Waals surface area contributed by atoms with Gasteiger partial charge in [-0.05, 0) is 25.0 Å². The van der Waals surface area contributed by atoms with Gasteiger partial charge < -0.3 is 15.7 Å². The first-order valence-electron chi connectivity index (χ1n) is 6.29. The SMILES string of the molecule is CC(C)NCC(C)(O)C1Cc2ccccc2N1. The Morgan fingerprint density at radius 2 is 2.18 bits per heavy atom. The van der Waals surface area contributed by atoms with Gasteiger partial charge in [0.1, 0.15) is 0 Å². The summed E-state index contributed by atoms with van der Waals surface area (Å²) in [5, 5.41) is 17.2. The van der Waals surface area contributed by atoms with Gasteiger partial charge in [-0.1, -0.05) is 32.0 Å². The highest BCUT2D eigenvalue weighted by molar-refractivity contribution is 5.57. The van der Waals surface area contributed by atoms with E-state index in [0.29, 0.717) is 12.6 Å². The van der Waals surface area contributed by atoms with Gasteiger partial charge in [-0.2, -0.15) is 0 Å². The summed E-state index contributed by atoms with van der Waals surface area (Å²) in [6, 6.07) is 8.74. The third-order valence-electron chi connectivity index (χ3n) is 3.39. The second-order valence-corrected chi connectivity index (χ2v) is 5.45. The highest BCUT2D eigenvalue weighted by Gasteiger charge is 2.35. The molecule has 94 valence electrons. The van der Waals surface area contributed by atoms with Crippen molar-refractivity contribution in [3.05, 3.63) is 29.8 Å². The molecule has 0 spiro atoms. The Kier molecular flexibility index (Phi) is 3.40. The summed E-state index contributed by atoms with van der Waals surface area (Å²) in [5.74, 6) is 0. The Balaban J connectivity index is 2.01. The topological polar surface area (TPSA) is 44.3 Å². The summed E-state index contributed by atoms with van der Waals surface area (Å²) in [6.45, 7) is 6.68. The number of aliphatic hydroxyl groups is 1. The zero-order chi connectivity index (χ0) is 12.5. The lowest BCUT2D eigenvalue weighted by atomic mass is 9.93. The highest BCUT2D eigenvalue weighted by atomic mass is 16.3. The van der Waals surface area contributed by atoms with E-state index in [1.165, 1.54) is 5.56 Å². The maximum atomic E-state index is 10.5. The largest absolute Gasteiger partial charge is 0.387 e. The van der Waals surface area contributed by atoms with Crippen molar-refractivity contribution in [1.29, 1.82) is 0 Å². The van der Waals surface area contributed by atoms with E-state index in [1.807, 2.05) is 19.1 Å². The van der Waals surface area contributed by atoms with Gasteiger partial charge in [0.15, 0.2) is 0 Å². The van der Waals surface area contributed by atoms with Crippen LogP contribution in [0.3, 0.4) is 0 Å². The van der Waals surface area contributed by atoms with Gasteiger partial charge >= 0.3 is 0 Å². The fraction of sp³-hybridized carbons (Fsp3) is 0.571. The molecule has 1 aromatic rings. The predicted octanol–water partition coefficient (Wildman–Crippen LogP) is 1.77. The van der Waals surface area contributed by atoms with Crippen molar-refractivity contribution < 1.29 is 5.11 Å². The summed E-state index contributed by atoms with van der Waals surface area (Å²) in [6.07, 6.45) is 0.892. The van der Waals surface area contributed by atoms with Crippen molar-refractivity contribution in [2.24, 2.45) is 0 Å². The molecule has 0 fully saturated rings. The molecule has 2 rings (SSSR count). The first-order chi connectivity index (χ1) is 7.99. The first kappa shape index (κ1) is 12.4. The monoisotopic (exact) mass is 234 g/mol. The average molecular weight is 234 g/mol. The average Bonchev–Trinajstić information content (AvgIpc) is 2.71. The maximum absolute atomic E-state index is 10.5. The van der Waals surface area contributed by atoms with Crippen LogP contribution in [-0.4, -0.2) is 29.3 Å². The van der Waals surface area contributed by atoms with E-state index in [4.69, 9.17) is 0 Å². The second-order valence-electron chi connectivity index (χ2n) is 5.45. The normalized spacial score (nSPS) is 22.1. The van der Waals surface area contributed by atoms with Gasteiger partial charge in [0.05, 0.1) is 11.6 Å². The van der Waals surface area contributed by atoms with Crippen LogP contribution in [-0.2, 0) is 6.42 Å². The van der Waals surface area contributed by atoms with E-state index in [2.05, 4.69) is 36.6 Å². The number of para-hydroxylation sites is 1. The van der Waals surface area contributed by atoms with Crippen LogP contribution in [0.25, 0.3) is 0 Å². The van der Waals surface area contributed by atoms with E-state index < -0.39 is 5.60 Å². The molecule has 1 aromatic carbocycles. The molecule has 17 heavy (non-hydrogen) atoms. The molecule has 0 saturated heterocycles. The van der Waals surface area contributed by atoms with Gasteiger partial charge in [-0.3, -0.25) is 0 Å². The van der Waals surface area contributed by atoms with E-state index >= 15 is 0 Å². The molecule has 0 aromatic heterocycles. The molecule has 1 aliphatic heterocycles. The molecule has 3 nitrogen and oxygen atoms in total. The third kappa shape index (κ3) is 2.79. The lowest BCUT2D eigenvalue weighted by molar-refractivity contribution is 0.0399. The van der Waals surface area contributed by atoms with Crippen molar-refractivity contribution >= 4 is 5.69 Å². The van der Waals surface area contributed by atoms with E-state index in [1.54, 1.807) is 0 Å². The van der Waals surface area contributed by atoms with Gasteiger partial charge in [-0.15, -0.1) is 0 Å². The highest BCUT2D eigenvalue weighted by Crippen LogP contribution is 2.30. The summed E-state index contributed by atoms with van der Waals surface area (Å²) < 4.78 is 0. The maximum Gasteiger partial charge on any atom is 0.0946 e. The number of fused-ring (bicyclic) bond motifs is 1. The number of rotatable bonds is 4. The number of benzene rings is 1. The van der Waals surface area contributed by atoms with Gasteiger partial charge in [0.2, 0.25) is 0 Å². The minimum atomic E-state index is -0.733. The molecular weight excluding hydrogens is 212 g/mol. The minimum Gasteiger partial charge on any atom is -0.387 e. The third-order valence-corrected chi connectivity index (χ3v) is 3.39. The molecule has 2 atom stereocenters. The zero-order valence-corrected chi connectivity index (χ0v) is 10.8. The van der Waals surface area contributed by atoms with Crippen LogP contribution in [0, 0.1) is 0 Å². The van der Waals surface area contributed by atoms with Crippen molar-refractivity contribution in [3.8, 4) is 0 Å². The van der Waals surface area contributed by atoms with Crippen molar-refractivity contribution in [2.75, 3.05) is 11.9 Å². The van der Waals surface area contributed by atoms with Crippen LogP contribution in [0.4, 0.5) is 5.69 Å². The summed E-state index contributed by atoms with van der Waals surface area (Å²) in [4.78, 5) is 0. The molecule has 3 N–H and O–H groups in total. The predicted molar refractivity (Wildman–Crippen MR) is 71.3 cm³/mol. The Bertz CT molecular complexity index is 363. The number of anilines is 1. The first-order valence-corrected chi connectivity index (χ1v) is 6.29. The van der Waals surface area contributed by atoms with E-state index in [9.17, 15) is 5.11 Å². The second kappa shape index (κ2) is 4.67. The number of nitrogens with one attached hydrogen (secondary N) is 2. The lowest BCUT2D eigenvalue weighted by Crippen LogP contribution is -2.51. The van der Waals surface area contributed by atoms with Crippen molar-refractivity contribution in [1.82, 2.24) is 5.32 Å². The van der Waals surface area contributed by atoms with Crippen molar-refractivity contribution in [3.63, 3.8) is 0 Å². The minimum absolute atomic E-state index is 0.0890. The Hall–Kier alpha value is -1.06. The molecule has 0 radical (unpaired) electrons. The summed E-state index contributed by atoms with van der Waals surface area (Å²) >= 11 is 0. The van der Waals surface area contributed by atoms with Crippen LogP contribution in [0.5, 0.6) is 0 Å². The molecule has 0 saturated carbocycles. The molecule has 0 aliphatic carbocycles. The molecule has 0 bridgehead atoms. The lowest BCUT2D eigenvalue weighted by Gasteiger charge is -2.31. The fourth-order valence-electron chi connectivity index (χ4n) is 2.21. The van der Waals surface area contributed by atoms with E-state index in [-0.39, 0.29) is 6.04 Å². The Labute approximate surface area is 103 Å². The number of hydrogen-bond donors (Lipinski definition) is 3. The molecule has 1 aliphatic rings. The smallest absolute Gasteiger partial charge is 0.0946 e. The Morgan fingerprint density at radius 3 is 2.82 bits per heavy atom. The van der Waals surface area contributed by atoms with Gasteiger partial charge in [0, 0.05) is 18.3 Å². The molecule has 1 heterocycles. The van der Waals surface area contributed by atoms with Crippen molar-refractivity contribution in [2.45, 2.75) is 44.9 Å². The standard InChI is InChI=1S/C14H22N2O/c1-10(2)15-9-14(3,17)13-8-11-6-4-5-7-12(11)16-13/h4-7,10,13,15-17H,8-9H2,1-3H3.